The summed E-state index contributed by atoms with van der Waals surface area (Å²) in [6.07, 6.45) is -2.59. The van der Waals surface area contributed by atoms with E-state index in [1.165, 1.54) is 18.2 Å². The van der Waals surface area contributed by atoms with E-state index >= 15 is 0 Å². The number of halogens is 3. The normalized spacial score (nSPS) is 20.0. The van der Waals surface area contributed by atoms with E-state index in [2.05, 4.69) is 5.32 Å². The van der Waals surface area contributed by atoms with E-state index in [-0.39, 0.29) is 35.5 Å². The Morgan fingerprint density at radius 3 is 2.64 bits per heavy atom. The summed E-state index contributed by atoms with van der Waals surface area (Å²) in [7, 11) is 0. The molecule has 0 saturated heterocycles. The molecular weight excluding hydrogens is 371 g/mol. The Labute approximate surface area is 161 Å². The molecule has 28 heavy (non-hydrogen) atoms. The van der Waals surface area contributed by atoms with Crippen molar-refractivity contribution >= 4 is 11.8 Å². The fourth-order valence-corrected chi connectivity index (χ4v) is 3.84. The van der Waals surface area contributed by atoms with Crippen LogP contribution in [0.1, 0.15) is 56.6 Å². The molecule has 4 nitrogen and oxygen atoms in total. The Balaban J connectivity index is 2.22. The van der Waals surface area contributed by atoms with Crippen LogP contribution in [0, 0.1) is 0 Å². The van der Waals surface area contributed by atoms with Crippen LogP contribution in [-0.2, 0) is 20.5 Å². The zero-order valence-corrected chi connectivity index (χ0v) is 15.8. The van der Waals surface area contributed by atoms with Crippen molar-refractivity contribution in [3.63, 3.8) is 0 Å². The molecule has 1 aliphatic carbocycles. The maximum Gasteiger partial charge on any atom is 0.416 e. The van der Waals surface area contributed by atoms with Crippen LogP contribution in [0.15, 0.2) is 46.8 Å². The fraction of sp³-hybridized carbons (Fsp3) is 0.429. The van der Waals surface area contributed by atoms with Gasteiger partial charge in [-0.05, 0) is 37.8 Å². The summed E-state index contributed by atoms with van der Waals surface area (Å²) in [5, 5.41) is 3.07. The minimum atomic E-state index is -4.60. The predicted molar refractivity (Wildman–Crippen MR) is 97.2 cm³/mol. The number of carbonyl (C=O) groups is 2. The first-order chi connectivity index (χ1) is 13.3. The largest absolute Gasteiger partial charge is 0.462 e. The Kier molecular flexibility index (Phi) is 5.63. The highest BCUT2D eigenvalue weighted by molar-refractivity contribution is 6.03. The highest BCUT2D eigenvalue weighted by atomic mass is 19.4. The molecule has 150 valence electrons. The van der Waals surface area contributed by atoms with Gasteiger partial charge in [0.05, 0.1) is 17.7 Å². The lowest BCUT2D eigenvalue weighted by atomic mass is 9.74. The molecule has 1 atom stereocenters. The number of rotatable bonds is 4. The number of hydrogen-bond donors (Lipinski definition) is 1. The topological polar surface area (TPSA) is 55.4 Å². The molecule has 1 aromatic rings. The van der Waals surface area contributed by atoms with Crippen molar-refractivity contribution < 1.29 is 27.5 Å². The van der Waals surface area contributed by atoms with Gasteiger partial charge in [-0.25, -0.2) is 4.79 Å². The first-order valence-corrected chi connectivity index (χ1v) is 9.33. The van der Waals surface area contributed by atoms with Gasteiger partial charge in [-0.15, -0.1) is 0 Å². The molecule has 1 heterocycles. The van der Waals surface area contributed by atoms with Crippen LogP contribution in [0.25, 0.3) is 0 Å². The Hall–Kier alpha value is -2.57. The van der Waals surface area contributed by atoms with E-state index in [0.29, 0.717) is 30.7 Å². The average Bonchev–Trinajstić information content (AvgIpc) is 2.64. The van der Waals surface area contributed by atoms with Crippen molar-refractivity contribution in [3.8, 4) is 0 Å². The summed E-state index contributed by atoms with van der Waals surface area (Å²) >= 11 is 0. The summed E-state index contributed by atoms with van der Waals surface area (Å²) < 4.78 is 46.4. The number of nitrogens with one attached hydrogen (secondary N) is 1. The van der Waals surface area contributed by atoms with E-state index in [4.69, 9.17) is 4.74 Å². The number of benzene rings is 1. The van der Waals surface area contributed by atoms with Crippen molar-refractivity contribution in [2.75, 3.05) is 6.61 Å². The minimum absolute atomic E-state index is 0.0687. The van der Waals surface area contributed by atoms with Crippen LogP contribution >= 0.6 is 0 Å². The third-order valence-corrected chi connectivity index (χ3v) is 5.01. The second-order valence-electron chi connectivity index (χ2n) is 6.99. The molecule has 7 heteroatoms. The summed E-state index contributed by atoms with van der Waals surface area (Å²) in [6, 6.07) is 5.11. The third-order valence-electron chi connectivity index (χ3n) is 5.01. The highest BCUT2D eigenvalue weighted by Crippen LogP contribution is 2.46. The SMILES string of the molecule is CCCOC(=O)C1=C(C)NC2=C(C(=O)CCC2)[C@H]1c1ccccc1C(F)(F)F. The van der Waals surface area contributed by atoms with Crippen molar-refractivity contribution in [1.82, 2.24) is 5.32 Å². The summed E-state index contributed by atoms with van der Waals surface area (Å²) in [5.74, 6) is -2.02. The van der Waals surface area contributed by atoms with Gasteiger partial charge in [0.1, 0.15) is 0 Å². The van der Waals surface area contributed by atoms with Crippen LogP contribution in [0.4, 0.5) is 13.2 Å². The van der Waals surface area contributed by atoms with E-state index in [1.807, 2.05) is 6.92 Å². The lowest BCUT2D eigenvalue weighted by molar-refractivity contribution is -0.141. The summed E-state index contributed by atoms with van der Waals surface area (Å²) in [4.78, 5) is 25.5. The first kappa shape index (κ1) is 20.2. The zero-order chi connectivity index (χ0) is 20.5. The van der Waals surface area contributed by atoms with Gasteiger partial charge >= 0.3 is 12.1 Å². The molecule has 0 amide bonds. The first-order valence-electron chi connectivity index (χ1n) is 9.33. The number of Topliss-reactive ketones (excluding diaryl/α,β-unsaturated/α-hetero) is 1. The predicted octanol–water partition coefficient (Wildman–Crippen LogP) is 4.63. The smallest absolute Gasteiger partial charge is 0.416 e. The van der Waals surface area contributed by atoms with E-state index in [0.717, 1.165) is 6.07 Å². The molecule has 1 N–H and O–H groups in total. The van der Waals surface area contributed by atoms with Crippen LogP contribution in [0.3, 0.4) is 0 Å². The second-order valence-corrected chi connectivity index (χ2v) is 6.99. The number of hydrogen-bond acceptors (Lipinski definition) is 4. The number of alkyl halides is 3. The highest BCUT2D eigenvalue weighted by Gasteiger charge is 2.43. The van der Waals surface area contributed by atoms with Crippen LogP contribution < -0.4 is 5.32 Å². The van der Waals surface area contributed by atoms with Gasteiger partial charge in [-0.2, -0.15) is 13.2 Å². The van der Waals surface area contributed by atoms with Crippen LogP contribution in [0.2, 0.25) is 0 Å². The standard InChI is InChI=1S/C21H22F3NO3/c1-3-11-28-20(27)17-12(2)25-15-9-6-10-16(26)19(15)18(17)13-7-4-5-8-14(13)21(22,23)24/h4-5,7-8,18,25H,3,6,9-11H2,1-2H3/t18-/m0/s1. The summed E-state index contributed by atoms with van der Waals surface area (Å²) in [6.45, 7) is 3.62. The molecular formula is C21H22F3NO3. The quantitative estimate of drug-likeness (QED) is 0.758. The van der Waals surface area contributed by atoms with E-state index < -0.39 is 23.6 Å². The third kappa shape index (κ3) is 3.70. The minimum Gasteiger partial charge on any atom is -0.462 e. The van der Waals surface area contributed by atoms with E-state index in [1.54, 1.807) is 6.92 Å². The Morgan fingerprint density at radius 1 is 1.25 bits per heavy atom. The number of dihydropyridines is 1. The molecule has 0 bridgehead atoms. The zero-order valence-electron chi connectivity index (χ0n) is 15.8. The molecule has 0 unspecified atom stereocenters. The van der Waals surface area contributed by atoms with Crippen molar-refractivity contribution in [2.24, 2.45) is 0 Å². The van der Waals surface area contributed by atoms with Crippen molar-refractivity contribution in [3.05, 3.63) is 57.9 Å². The van der Waals surface area contributed by atoms with Crippen molar-refractivity contribution in [2.45, 2.75) is 51.6 Å². The number of ether oxygens (including phenoxy) is 1. The van der Waals surface area contributed by atoms with Gasteiger partial charge < -0.3 is 10.1 Å². The molecule has 1 aliphatic heterocycles. The average molecular weight is 393 g/mol. The molecule has 2 aliphatic rings. The van der Waals surface area contributed by atoms with Crippen molar-refractivity contribution in [1.29, 1.82) is 0 Å². The van der Waals surface area contributed by atoms with Gasteiger partial charge in [-0.3, -0.25) is 4.79 Å². The fourth-order valence-electron chi connectivity index (χ4n) is 3.84. The van der Waals surface area contributed by atoms with Gasteiger partial charge in [0.15, 0.2) is 5.78 Å². The molecule has 0 radical (unpaired) electrons. The second kappa shape index (κ2) is 7.81. The molecule has 0 aromatic heterocycles. The van der Waals surface area contributed by atoms with Gasteiger partial charge in [0.25, 0.3) is 0 Å². The number of esters is 1. The van der Waals surface area contributed by atoms with Gasteiger partial charge in [0.2, 0.25) is 0 Å². The van der Waals surface area contributed by atoms with Gasteiger partial charge in [0, 0.05) is 29.3 Å². The number of ketones is 1. The molecule has 1 aromatic carbocycles. The Morgan fingerprint density at radius 2 is 1.96 bits per heavy atom. The number of carbonyl (C=O) groups excluding carboxylic acids is 2. The summed E-state index contributed by atoms with van der Waals surface area (Å²) in [5.41, 5.74) is 0.401. The monoisotopic (exact) mass is 393 g/mol. The number of allylic oxidation sites excluding steroid dienone is 3. The molecule has 0 fully saturated rings. The van der Waals surface area contributed by atoms with Crippen LogP contribution in [0.5, 0.6) is 0 Å². The van der Waals surface area contributed by atoms with E-state index in [9.17, 15) is 22.8 Å². The van der Waals surface area contributed by atoms with Crippen LogP contribution in [-0.4, -0.2) is 18.4 Å². The molecule has 0 spiro atoms. The lowest BCUT2D eigenvalue weighted by Crippen LogP contribution is -2.35. The molecule has 0 saturated carbocycles. The maximum absolute atomic E-state index is 13.7. The van der Waals surface area contributed by atoms with Gasteiger partial charge in [-0.1, -0.05) is 25.1 Å². The lowest BCUT2D eigenvalue weighted by Gasteiger charge is -2.35. The maximum atomic E-state index is 13.7. The Bertz CT molecular complexity index is 868. The molecule has 3 rings (SSSR count).